The summed E-state index contributed by atoms with van der Waals surface area (Å²) in [6.45, 7) is 13.9. The molecule has 37 heavy (non-hydrogen) atoms. The molecule has 0 bridgehead atoms. The predicted molar refractivity (Wildman–Crippen MR) is 143 cm³/mol. The monoisotopic (exact) mass is 508 g/mol. The topological polar surface area (TPSA) is 93.7 Å². The van der Waals surface area contributed by atoms with E-state index < -0.39 is 29.6 Å². The minimum absolute atomic E-state index is 0.0161. The highest BCUT2D eigenvalue weighted by atomic mass is 16.6. The molecule has 1 unspecified atom stereocenters. The first kappa shape index (κ1) is 28.2. The Morgan fingerprint density at radius 1 is 0.919 bits per heavy atom. The van der Waals surface area contributed by atoms with Crippen molar-refractivity contribution in [3.05, 3.63) is 70.8 Å². The maximum absolute atomic E-state index is 13.3. The van der Waals surface area contributed by atoms with Gasteiger partial charge in [0.2, 0.25) is 5.91 Å². The van der Waals surface area contributed by atoms with Gasteiger partial charge >= 0.3 is 12.1 Å². The third kappa shape index (κ3) is 7.57. The van der Waals surface area contributed by atoms with Crippen molar-refractivity contribution in [2.24, 2.45) is 0 Å². The van der Waals surface area contributed by atoms with E-state index in [0.29, 0.717) is 5.56 Å². The number of hydrogen-bond acceptors (Lipinski definition) is 5. The number of alkyl carbamates (subject to hydrolysis) is 1. The number of fused-ring (bicyclic) bond motifs is 1. The minimum Gasteiger partial charge on any atom is -0.460 e. The van der Waals surface area contributed by atoms with Crippen LogP contribution >= 0.6 is 0 Å². The number of carbonyl (C=O) groups is 3. The summed E-state index contributed by atoms with van der Waals surface area (Å²) in [6, 6.07) is 14.2. The Kier molecular flexibility index (Phi) is 8.35. The van der Waals surface area contributed by atoms with Crippen LogP contribution in [-0.2, 0) is 36.5 Å². The van der Waals surface area contributed by atoms with E-state index in [1.165, 1.54) is 5.56 Å². The highest BCUT2D eigenvalue weighted by molar-refractivity contribution is 5.89. The summed E-state index contributed by atoms with van der Waals surface area (Å²) in [6.07, 6.45) is 1.37. The molecule has 200 valence electrons. The SMILES string of the molecule is CC(C)(C)OC(=O)NC(C(=O)NCC(=O)OCc1ccccc1)c1ccc2c(c1)C(C)(C)CCC2(C)C. The average Bonchev–Trinajstić information content (AvgIpc) is 2.82. The number of benzene rings is 2. The minimum atomic E-state index is -1.04. The summed E-state index contributed by atoms with van der Waals surface area (Å²) >= 11 is 0. The van der Waals surface area contributed by atoms with Gasteiger partial charge in [-0.15, -0.1) is 0 Å². The van der Waals surface area contributed by atoms with E-state index in [-0.39, 0.29) is 24.0 Å². The molecule has 2 aromatic rings. The third-order valence-electron chi connectivity index (χ3n) is 6.78. The fourth-order valence-corrected chi connectivity index (χ4v) is 4.56. The van der Waals surface area contributed by atoms with Crippen LogP contribution in [0.3, 0.4) is 0 Å². The fraction of sp³-hybridized carbons (Fsp3) is 0.500. The van der Waals surface area contributed by atoms with E-state index in [1.807, 2.05) is 42.5 Å². The molecule has 0 radical (unpaired) electrons. The smallest absolute Gasteiger partial charge is 0.408 e. The summed E-state index contributed by atoms with van der Waals surface area (Å²) < 4.78 is 10.7. The van der Waals surface area contributed by atoms with Gasteiger partial charge in [-0.1, -0.05) is 76.2 Å². The summed E-state index contributed by atoms with van der Waals surface area (Å²) in [4.78, 5) is 38.2. The molecule has 0 spiro atoms. The van der Waals surface area contributed by atoms with Gasteiger partial charge in [-0.3, -0.25) is 9.59 Å². The molecular formula is C30H40N2O5. The zero-order valence-electron chi connectivity index (χ0n) is 23.1. The van der Waals surface area contributed by atoms with Crippen molar-refractivity contribution in [3.8, 4) is 0 Å². The lowest BCUT2D eigenvalue weighted by Crippen LogP contribution is -2.44. The zero-order chi connectivity index (χ0) is 27.4. The van der Waals surface area contributed by atoms with Crippen molar-refractivity contribution in [2.45, 2.75) is 90.4 Å². The Hall–Kier alpha value is -3.35. The molecule has 2 amide bonds. The number of carbonyl (C=O) groups excluding carboxylic acids is 3. The van der Waals surface area contributed by atoms with Gasteiger partial charge in [0.1, 0.15) is 24.8 Å². The van der Waals surface area contributed by atoms with Crippen LogP contribution in [0.25, 0.3) is 0 Å². The van der Waals surface area contributed by atoms with E-state index >= 15 is 0 Å². The van der Waals surface area contributed by atoms with Gasteiger partial charge in [-0.25, -0.2) is 4.79 Å². The molecule has 7 heteroatoms. The first-order chi connectivity index (χ1) is 17.2. The van der Waals surface area contributed by atoms with Gasteiger partial charge in [-0.05, 0) is 66.7 Å². The van der Waals surface area contributed by atoms with Crippen LogP contribution in [0.15, 0.2) is 48.5 Å². The van der Waals surface area contributed by atoms with E-state index in [0.717, 1.165) is 24.0 Å². The first-order valence-corrected chi connectivity index (χ1v) is 12.8. The van der Waals surface area contributed by atoms with Crippen molar-refractivity contribution in [1.29, 1.82) is 0 Å². The second kappa shape index (κ2) is 11.0. The molecule has 2 aromatic carbocycles. The normalized spacial score (nSPS) is 16.6. The van der Waals surface area contributed by atoms with Crippen molar-refractivity contribution in [3.63, 3.8) is 0 Å². The number of ether oxygens (including phenoxy) is 2. The summed E-state index contributed by atoms with van der Waals surface area (Å²) in [7, 11) is 0. The maximum Gasteiger partial charge on any atom is 0.408 e. The van der Waals surface area contributed by atoms with Crippen LogP contribution in [0, 0.1) is 0 Å². The Bertz CT molecular complexity index is 1130. The lowest BCUT2D eigenvalue weighted by molar-refractivity contribution is -0.145. The molecule has 3 rings (SSSR count). The van der Waals surface area contributed by atoms with Crippen LogP contribution in [-0.4, -0.2) is 30.1 Å². The van der Waals surface area contributed by atoms with Crippen LogP contribution in [0.1, 0.15) is 89.6 Å². The predicted octanol–water partition coefficient (Wildman–Crippen LogP) is 5.46. The summed E-state index contributed by atoms with van der Waals surface area (Å²) in [5.41, 5.74) is 3.10. The van der Waals surface area contributed by atoms with Crippen molar-refractivity contribution in [2.75, 3.05) is 6.54 Å². The highest BCUT2D eigenvalue weighted by Crippen LogP contribution is 2.46. The maximum atomic E-state index is 13.3. The molecule has 1 atom stereocenters. The Morgan fingerprint density at radius 3 is 2.16 bits per heavy atom. The van der Waals surface area contributed by atoms with Crippen molar-refractivity contribution in [1.82, 2.24) is 10.6 Å². The van der Waals surface area contributed by atoms with Gasteiger partial charge in [0, 0.05) is 0 Å². The summed E-state index contributed by atoms with van der Waals surface area (Å²) in [5.74, 6) is -1.09. The second-order valence-corrected chi connectivity index (χ2v) is 12.0. The van der Waals surface area contributed by atoms with Gasteiger partial charge in [-0.2, -0.15) is 0 Å². The van der Waals surface area contributed by atoms with Crippen molar-refractivity contribution < 1.29 is 23.9 Å². The number of nitrogens with one attached hydrogen (secondary N) is 2. The molecule has 0 heterocycles. The molecule has 0 aromatic heterocycles. The second-order valence-electron chi connectivity index (χ2n) is 12.0. The largest absolute Gasteiger partial charge is 0.460 e. The Morgan fingerprint density at radius 2 is 1.54 bits per heavy atom. The van der Waals surface area contributed by atoms with E-state index in [4.69, 9.17) is 9.47 Å². The lowest BCUT2D eigenvalue weighted by atomic mass is 9.63. The van der Waals surface area contributed by atoms with Gasteiger partial charge in [0.15, 0.2) is 0 Å². The number of hydrogen-bond donors (Lipinski definition) is 2. The fourth-order valence-electron chi connectivity index (χ4n) is 4.56. The standard InChI is InChI=1S/C30H40N2O5/c1-28(2,3)37-27(35)32-25(26(34)31-18-24(33)36-19-20-11-9-8-10-12-20)21-13-14-22-23(17-21)30(6,7)16-15-29(22,4)5/h8-14,17,25H,15-16,18-19H2,1-7H3,(H,31,34)(H,32,35). The molecule has 7 nitrogen and oxygen atoms in total. The Labute approximate surface area is 220 Å². The van der Waals surface area contributed by atoms with Crippen LogP contribution < -0.4 is 10.6 Å². The average molecular weight is 509 g/mol. The zero-order valence-corrected chi connectivity index (χ0v) is 23.1. The van der Waals surface area contributed by atoms with E-state index in [9.17, 15) is 14.4 Å². The van der Waals surface area contributed by atoms with Gasteiger partial charge < -0.3 is 20.1 Å². The molecular weight excluding hydrogens is 468 g/mol. The number of amides is 2. The van der Waals surface area contributed by atoms with E-state index in [2.05, 4.69) is 44.4 Å². The Balaban J connectivity index is 1.80. The van der Waals surface area contributed by atoms with E-state index in [1.54, 1.807) is 20.8 Å². The third-order valence-corrected chi connectivity index (χ3v) is 6.78. The van der Waals surface area contributed by atoms with Crippen LogP contribution in [0.5, 0.6) is 0 Å². The molecule has 1 aliphatic carbocycles. The molecule has 0 saturated carbocycles. The highest BCUT2D eigenvalue weighted by Gasteiger charge is 2.38. The molecule has 0 saturated heterocycles. The van der Waals surface area contributed by atoms with Gasteiger partial charge in [0.25, 0.3) is 0 Å². The van der Waals surface area contributed by atoms with Gasteiger partial charge in [0.05, 0.1) is 0 Å². The number of rotatable bonds is 7. The number of esters is 1. The lowest BCUT2D eigenvalue weighted by Gasteiger charge is -2.42. The molecule has 2 N–H and O–H groups in total. The molecule has 0 aliphatic heterocycles. The van der Waals surface area contributed by atoms with Crippen LogP contribution in [0.2, 0.25) is 0 Å². The molecule has 0 fully saturated rings. The van der Waals surface area contributed by atoms with Crippen molar-refractivity contribution >= 4 is 18.0 Å². The first-order valence-electron chi connectivity index (χ1n) is 12.8. The van der Waals surface area contributed by atoms with Crippen LogP contribution in [0.4, 0.5) is 4.79 Å². The quantitative estimate of drug-likeness (QED) is 0.485. The summed E-state index contributed by atoms with van der Waals surface area (Å²) in [5, 5.41) is 5.32. The molecule has 1 aliphatic rings.